The molecular weight excluding hydrogens is 226 g/mol. The lowest BCUT2D eigenvalue weighted by Crippen LogP contribution is -2.33. The van der Waals surface area contributed by atoms with Crippen molar-refractivity contribution in [2.75, 3.05) is 32.7 Å². The zero-order chi connectivity index (χ0) is 10.9. The average molecular weight is 250 g/mol. The Morgan fingerprint density at radius 3 is 2.56 bits per heavy atom. The van der Waals surface area contributed by atoms with E-state index in [1.54, 1.807) is 0 Å². The van der Waals surface area contributed by atoms with E-state index < -0.39 is 0 Å². The second kappa shape index (κ2) is 9.87. The van der Waals surface area contributed by atoms with Gasteiger partial charge in [-0.25, -0.2) is 0 Å². The number of likely N-dealkylation sites (tertiary alicyclic amines) is 1. The number of amides is 1. The minimum Gasteiger partial charge on any atom is -0.356 e. The number of nitrogens with two attached hydrogens (primary N) is 1. The highest BCUT2D eigenvalue weighted by Gasteiger charge is 2.08. The summed E-state index contributed by atoms with van der Waals surface area (Å²) >= 11 is 0. The second-order valence-corrected chi connectivity index (χ2v) is 4.14. The van der Waals surface area contributed by atoms with Crippen LogP contribution in [0.4, 0.5) is 0 Å². The Kier molecular flexibility index (Phi) is 9.68. The molecule has 4 nitrogen and oxygen atoms in total. The van der Waals surface area contributed by atoms with Crippen LogP contribution in [0, 0.1) is 0 Å². The van der Waals surface area contributed by atoms with Crippen LogP contribution in [0.1, 0.15) is 32.1 Å². The van der Waals surface area contributed by atoms with Gasteiger partial charge in [-0.15, -0.1) is 12.4 Å². The Hall–Kier alpha value is -0.320. The van der Waals surface area contributed by atoms with Crippen LogP contribution in [-0.2, 0) is 4.79 Å². The maximum Gasteiger partial charge on any atom is 0.221 e. The summed E-state index contributed by atoms with van der Waals surface area (Å²) in [5.74, 6) is 0.0798. The molecule has 0 spiro atoms. The zero-order valence-corrected chi connectivity index (χ0v) is 10.7. The highest BCUT2D eigenvalue weighted by molar-refractivity contribution is 5.85. The molecule has 1 aliphatic heterocycles. The van der Waals surface area contributed by atoms with Crippen LogP contribution in [0.3, 0.4) is 0 Å². The van der Waals surface area contributed by atoms with Gasteiger partial charge >= 0.3 is 0 Å². The molecule has 16 heavy (non-hydrogen) atoms. The van der Waals surface area contributed by atoms with E-state index in [1.165, 1.54) is 32.4 Å². The number of hydrogen-bond donors (Lipinski definition) is 2. The molecule has 0 saturated carbocycles. The standard InChI is InChI=1S/C11H23N3O.ClH/c12-6-5-11(15)13-7-4-10-14-8-2-1-3-9-14;/h1-10,12H2,(H,13,15);1H. The lowest BCUT2D eigenvalue weighted by atomic mass is 10.1. The summed E-state index contributed by atoms with van der Waals surface area (Å²) in [6.45, 7) is 4.81. The van der Waals surface area contributed by atoms with Gasteiger partial charge in [0.05, 0.1) is 0 Å². The molecule has 1 heterocycles. The lowest BCUT2D eigenvalue weighted by Gasteiger charge is -2.26. The average Bonchev–Trinajstić information content (AvgIpc) is 2.26. The molecule has 0 bridgehead atoms. The smallest absolute Gasteiger partial charge is 0.221 e. The molecule has 1 amide bonds. The zero-order valence-electron chi connectivity index (χ0n) is 9.91. The van der Waals surface area contributed by atoms with E-state index >= 15 is 0 Å². The molecule has 96 valence electrons. The van der Waals surface area contributed by atoms with E-state index in [0.29, 0.717) is 13.0 Å². The predicted molar refractivity (Wildman–Crippen MR) is 68.8 cm³/mol. The molecule has 0 radical (unpaired) electrons. The van der Waals surface area contributed by atoms with E-state index in [2.05, 4.69) is 10.2 Å². The largest absolute Gasteiger partial charge is 0.356 e. The minimum absolute atomic E-state index is 0. The highest BCUT2D eigenvalue weighted by Crippen LogP contribution is 2.08. The molecule has 0 aromatic rings. The number of carbonyl (C=O) groups excluding carboxylic acids is 1. The molecule has 0 aliphatic carbocycles. The summed E-state index contributed by atoms with van der Waals surface area (Å²) in [7, 11) is 0. The highest BCUT2D eigenvalue weighted by atomic mass is 35.5. The Bertz CT molecular complexity index is 184. The number of halogens is 1. The van der Waals surface area contributed by atoms with Crippen molar-refractivity contribution in [3.63, 3.8) is 0 Å². The fourth-order valence-corrected chi connectivity index (χ4v) is 1.93. The molecule has 1 fully saturated rings. The molecule has 1 saturated heterocycles. The van der Waals surface area contributed by atoms with Gasteiger partial charge in [-0.2, -0.15) is 0 Å². The Morgan fingerprint density at radius 1 is 1.25 bits per heavy atom. The second-order valence-electron chi connectivity index (χ2n) is 4.14. The van der Waals surface area contributed by atoms with Crippen LogP contribution in [0.2, 0.25) is 0 Å². The monoisotopic (exact) mass is 249 g/mol. The summed E-state index contributed by atoms with van der Waals surface area (Å²) in [5.41, 5.74) is 5.28. The lowest BCUT2D eigenvalue weighted by molar-refractivity contribution is -0.120. The summed E-state index contributed by atoms with van der Waals surface area (Å²) < 4.78 is 0. The van der Waals surface area contributed by atoms with Gasteiger partial charge in [0.15, 0.2) is 0 Å². The first kappa shape index (κ1) is 15.7. The first-order valence-corrected chi connectivity index (χ1v) is 6.02. The third kappa shape index (κ3) is 7.04. The van der Waals surface area contributed by atoms with Crippen LogP contribution >= 0.6 is 12.4 Å². The van der Waals surface area contributed by atoms with E-state index in [9.17, 15) is 4.79 Å². The number of piperidine rings is 1. The molecule has 5 heteroatoms. The Labute approximate surface area is 104 Å². The number of nitrogens with zero attached hydrogens (tertiary/aromatic N) is 1. The molecule has 1 rings (SSSR count). The number of hydrogen-bond acceptors (Lipinski definition) is 3. The predicted octanol–water partition coefficient (Wildman–Crippen LogP) is 0.749. The van der Waals surface area contributed by atoms with Crippen molar-refractivity contribution in [2.45, 2.75) is 32.1 Å². The third-order valence-corrected chi connectivity index (χ3v) is 2.79. The van der Waals surface area contributed by atoms with Gasteiger partial charge < -0.3 is 16.0 Å². The van der Waals surface area contributed by atoms with Gasteiger partial charge in [0, 0.05) is 19.5 Å². The normalized spacial score (nSPS) is 16.6. The van der Waals surface area contributed by atoms with Crippen LogP contribution < -0.4 is 11.1 Å². The van der Waals surface area contributed by atoms with Crippen LogP contribution in [-0.4, -0.2) is 43.5 Å². The molecule has 0 atom stereocenters. The molecule has 1 aliphatic rings. The summed E-state index contributed by atoms with van der Waals surface area (Å²) in [6.07, 6.45) is 5.54. The first-order chi connectivity index (χ1) is 7.33. The van der Waals surface area contributed by atoms with Gasteiger partial charge in [-0.05, 0) is 38.9 Å². The third-order valence-electron chi connectivity index (χ3n) is 2.79. The van der Waals surface area contributed by atoms with Crippen LogP contribution in [0.25, 0.3) is 0 Å². The molecule has 3 N–H and O–H groups in total. The van der Waals surface area contributed by atoms with Crippen molar-refractivity contribution in [1.29, 1.82) is 0 Å². The maximum atomic E-state index is 11.1. The van der Waals surface area contributed by atoms with Gasteiger partial charge in [-0.3, -0.25) is 4.79 Å². The van der Waals surface area contributed by atoms with Crippen molar-refractivity contribution < 1.29 is 4.79 Å². The first-order valence-electron chi connectivity index (χ1n) is 6.02. The van der Waals surface area contributed by atoms with Crippen molar-refractivity contribution in [3.05, 3.63) is 0 Å². The molecule has 0 aromatic heterocycles. The number of carbonyl (C=O) groups is 1. The van der Waals surface area contributed by atoms with E-state index in [0.717, 1.165) is 19.5 Å². The van der Waals surface area contributed by atoms with Crippen LogP contribution in [0.15, 0.2) is 0 Å². The number of rotatable bonds is 6. The maximum absolute atomic E-state index is 11.1. The fraction of sp³-hybridized carbons (Fsp3) is 0.909. The van der Waals surface area contributed by atoms with E-state index in [-0.39, 0.29) is 18.3 Å². The van der Waals surface area contributed by atoms with Crippen molar-refractivity contribution in [2.24, 2.45) is 5.73 Å². The Morgan fingerprint density at radius 2 is 1.94 bits per heavy atom. The van der Waals surface area contributed by atoms with Crippen molar-refractivity contribution in [1.82, 2.24) is 10.2 Å². The van der Waals surface area contributed by atoms with Crippen LogP contribution in [0.5, 0.6) is 0 Å². The van der Waals surface area contributed by atoms with Crippen molar-refractivity contribution >= 4 is 18.3 Å². The van der Waals surface area contributed by atoms with Gasteiger partial charge in [0.25, 0.3) is 0 Å². The van der Waals surface area contributed by atoms with E-state index in [4.69, 9.17) is 5.73 Å². The molecule has 0 aromatic carbocycles. The topological polar surface area (TPSA) is 58.4 Å². The van der Waals surface area contributed by atoms with Gasteiger partial charge in [0.1, 0.15) is 0 Å². The van der Waals surface area contributed by atoms with Gasteiger partial charge in [0.2, 0.25) is 5.91 Å². The van der Waals surface area contributed by atoms with E-state index in [1.807, 2.05) is 0 Å². The fourth-order valence-electron chi connectivity index (χ4n) is 1.93. The summed E-state index contributed by atoms with van der Waals surface area (Å²) in [5, 5.41) is 2.88. The Balaban J connectivity index is 0.00000225. The summed E-state index contributed by atoms with van der Waals surface area (Å²) in [6, 6.07) is 0. The SMILES string of the molecule is Cl.NCCC(=O)NCCCN1CCCCC1. The van der Waals surface area contributed by atoms with Gasteiger partial charge in [-0.1, -0.05) is 6.42 Å². The molecule has 0 unspecified atom stereocenters. The molecular formula is C11H24ClN3O. The number of nitrogens with one attached hydrogen (secondary N) is 1. The minimum atomic E-state index is 0. The quantitative estimate of drug-likeness (QED) is 0.683. The summed E-state index contributed by atoms with van der Waals surface area (Å²) in [4.78, 5) is 13.6. The van der Waals surface area contributed by atoms with Crippen molar-refractivity contribution in [3.8, 4) is 0 Å².